The fraction of sp³-hybridized carbons (Fsp3) is 0.684. The minimum absolute atomic E-state index is 0.748. The molecule has 0 bridgehead atoms. The van der Waals surface area contributed by atoms with E-state index in [2.05, 4.69) is 49.5 Å². The van der Waals surface area contributed by atoms with Crippen molar-refractivity contribution in [3.8, 4) is 0 Å². The van der Waals surface area contributed by atoms with Crippen LogP contribution in [0.4, 0.5) is 0 Å². The smallest absolute Gasteiger partial charge is 0.0145 e. The van der Waals surface area contributed by atoms with Gasteiger partial charge in [-0.2, -0.15) is 0 Å². The summed E-state index contributed by atoms with van der Waals surface area (Å²) >= 11 is 0. The second kappa shape index (κ2) is 6.30. The summed E-state index contributed by atoms with van der Waals surface area (Å²) in [6.07, 6.45) is 8.42. The van der Waals surface area contributed by atoms with E-state index in [-0.39, 0.29) is 0 Å². The molecule has 4 atom stereocenters. The lowest BCUT2D eigenvalue weighted by Gasteiger charge is -2.19. The molecule has 2 aliphatic carbocycles. The highest BCUT2D eigenvalue weighted by molar-refractivity contribution is 5.27. The standard InChI is InChI=1S/C19H29N/c1-14(2)15-9-6-10-17(12-11-15)20-19-13-18(19)16-7-4-3-5-8-16/h3-5,7-8,14-15,17-20H,6,9-13H2,1-2H3. The van der Waals surface area contributed by atoms with Crippen LogP contribution in [0.25, 0.3) is 0 Å². The summed E-state index contributed by atoms with van der Waals surface area (Å²) in [4.78, 5) is 0. The topological polar surface area (TPSA) is 12.0 Å². The Bertz CT molecular complexity index is 411. The molecule has 1 nitrogen and oxygen atoms in total. The van der Waals surface area contributed by atoms with Crippen molar-refractivity contribution in [1.29, 1.82) is 0 Å². The monoisotopic (exact) mass is 271 g/mol. The van der Waals surface area contributed by atoms with Crippen molar-refractivity contribution >= 4 is 0 Å². The molecule has 2 aliphatic rings. The first-order chi connectivity index (χ1) is 9.74. The van der Waals surface area contributed by atoms with Gasteiger partial charge in [-0.15, -0.1) is 0 Å². The van der Waals surface area contributed by atoms with Crippen LogP contribution in [0, 0.1) is 11.8 Å². The zero-order valence-corrected chi connectivity index (χ0v) is 13.0. The third-order valence-corrected chi connectivity index (χ3v) is 5.42. The van der Waals surface area contributed by atoms with E-state index >= 15 is 0 Å². The Hall–Kier alpha value is -0.820. The van der Waals surface area contributed by atoms with Gasteiger partial charge in [-0.25, -0.2) is 0 Å². The second-order valence-corrected chi connectivity index (χ2v) is 7.24. The predicted octanol–water partition coefficient (Wildman–Crippen LogP) is 4.74. The van der Waals surface area contributed by atoms with Crippen molar-refractivity contribution < 1.29 is 0 Å². The highest BCUT2D eigenvalue weighted by Gasteiger charge is 2.39. The third-order valence-electron chi connectivity index (χ3n) is 5.42. The van der Waals surface area contributed by atoms with E-state index in [1.54, 1.807) is 0 Å². The van der Waals surface area contributed by atoms with Gasteiger partial charge in [0.15, 0.2) is 0 Å². The molecule has 0 spiro atoms. The number of benzene rings is 1. The van der Waals surface area contributed by atoms with E-state index in [1.165, 1.54) is 44.1 Å². The van der Waals surface area contributed by atoms with Crippen molar-refractivity contribution in [2.75, 3.05) is 0 Å². The molecule has 1 N–H and O–H groups in total. The molecule has 110 valence electrons. The summed E-state index contributed by atoms with van der Waals surface area (Å²) in [5.41, 5.74) is 1.53. The molecular weight excluding hydrogens is 242 g/mol. The van der Waals surface area contributed by atoms with Gasteiger partial charge in [-0.05, 0) is 43.1 Å². The Morgan fingerprint density at radius 3 is 2.55 bits per heavy atom. The summed E-state index contributed by atoms with van der Waals surface area (Å²) in [5.74, 6) is 2.61. The van der Waals surface area contributed by atoms with E-state index in [1.807, 2.05) is 0 Å². The molecule has 4 unspecified atom stereocenters. The normalized spacial score (nSPS) is 34.0. The molecule has 1 aromatic rings. The SMILES string of the molecule is CC(C)C1CCCC(NC2CC2c2ccccc2)CC1. The van der Waals surface area contributed by atoms with Crippen LogP contribution in [0.3, 0.4) is 0 Å². The van der Waals surface area contributed by atoms with Gasteiger partial charge in [0.05, 0.1) is 0 Å². The summed E-state index contributed by atoms with van der Waals surface area (Å²) < 4.78 is 0. The summed E-state index contributed by atoms with van der Waals surface area (Å²) in [6.45, 7) is 4.79. The van der Waals surface area contributed by atoms with Crippen LogP contribution in [-0.2, 0) is 0 Å². The number of hydrogen-bond acceptors (Lipinski definition) is 1. The lowest BCUT2D eigenvalue weighted by atomic mass is 9.89. The quantitative estimate of drug-likeness (QED) is 0.780. The van der Waals surface area contributed by atoms with Crippen LogP contribution < -0.4 is 5.32 Å². The largest absolute Gasteiger partial charge is 0.311 e. The molecular formula is C19H29N. The molecule has 0 amide bonds. The van der Waals surface area contributed by atoms with Crippen molar-refractivity contribution in [3.05, 3.63) is 35.9 Å². The van der Waals surface area contributed by atoms with Crippen molar-refractivity contribution in [2.24, 2.45) is 11.8 Å². The van der Waals surface area contributed by atoms with Gasteiger partial charge in [0.1, 0.15) is 0 Å². The minimum Gasteiger partial charge on any atom is -0.311 e. The average molecular weight is 271 g/mol. The van der Waals surface area contributed by atoms with Crippen molar-refractivity contribution in [3.63, 3.8) is 0 Å². The van der Waals surface area contributed by atoms with E-state index < -0.39 is 0 Å². The highest BCUT2D eigenvalue weighted by atomic mass is 15.0. The first-order valence-corrected chi connectivity index (χ1v) is 8.55. The predicted molar refractivity (Wildman–Crippen MR) is 85.9 cm³/mol. The van der Waals surface area contributed by atoms with E-state index in [0.29, 0.717) is 0 Å². The lowest BCUT2D eigenvalue weighted by Crippen LogP contribution is -2.31. The molecule has 0 aromatic heterocycles. The number of nitrogens with one attached hydrogen (secondary N) is 1. The first-order valence-electron chi connectivity index (χ1n) is 8.55. The molecule has 20 heavy (non-hydrogen) atoms. The molecule has 3 rings (SSSR count). The lowest BCUT2D eigenvalue weighted by molar-refractivity contribution is 0.337. The molecule has 2 saturated carbocycles. The van der Waals surface area contributed by atoms with Crippen LogP contribution in [0.5, 0.6) is 0 Å². The van der Waals surface area contributed by atoms with Gasteiger partial charge in [-0.1, -0.05) is 57.0 Å². The van der Waals surface area contributed by atoms with E-state index in [0.717, 1.165) is 29.8 Å². The average Bonchev–Trinajstić information content (AvgIpc) is 3.24. The van der Waals surface area contributed by atoms with E-state index in [4.69, 9.17) is 0 Å². The Labute approximate surface area is 124 Å². The molecule has 1 aromatic carbocycles. The van der Waals surface area contributed by atoms with Gasteiger partial charge in [0.25, 0.3) is 0 Å². The maximum atomic E-state index is 3.94. The van der Waals surface area contributed by atoms with E-state index in [9.17, 15) is 0 Å². The Morgan fingerprint density at radius 2 is 1.80 bits per heavy atom. The van der Waals surface area contributed by atoms with Gasteiger partial charge < -0.3 is 5.32 Å². The summed E-state index contributed by atoms with van der Waals surface area (Å²) in [7, 11) is 0. The maximum absolute atomic E-state index is 3.94. The summed E-state index contributed by atoms with van der Waals surface area (Å²) in [6, 6.07) is 12.6. The third kappa shape index (κ3) is 3.44. The molecule has 0 radical (unpaired) electrons. The zero-order valence-electron chi connectivity index (χ0n) is 13.0. The highest BCUT2D eigenvalue weighted by Crippen LogP contribution is 2.41. The van der Waals surface area contributed by atoms with Crippen LogP contribution in [0.15, 0.2) is 30.3 Å². The maximum Gasteiger partial charge on any atom is 0.0145 e. The van der Waals surface area contributed by atoms with Gasteiger partial charge in [0.2, 0.25) is 0 Å². The minimum atomic E-state index is 0.748. The fourth-order valence-corrected chi connectivity index (χ4v) is 3.91. The molecule has 0 saturated heterocycles. The van der Waals surface area contributed by atoms with Gasteiger partial charge in [-0.3, -0.25) is 0 Å². The molecule has 0 aliphatic heterocycles. The number of rotatable bonds is 4. The Kier molecular flexibility index (Phi) is 4.45. The van der Waals surface area contributed by atoms with Gasteiger partial charge >= 0.3 is 0 Å². The van der Waals surface area contributed by atoms with Crippen LogP contribution >= 0.6 is 0 Å². The fourth-order valence-electron chi connectivity index (χ4n) is 3.91. The zero-order chi connectivity index (χ0) is 13.9. The molecule has 0 heterocycles. The van der Waals surface area contributed by atoms with Crippen molar-refractivity contribution in [2.45, 2.75) is 70.4 Å². The Balaban J connectivity index is 1.48. The first kappa shape index (κ1) is 14.1. The molecule has 1 heteroatoms. The summed E-state index contributed by atoms with van der Waals surface area (Å²) in [5, 5.41) is 3.94. The van der Waals surface area contributed by atoms with Gasteiger partial charge in [0, 0.05) is 18.0 Å². The second-order valence-electron chi connectivity index (χ2n) is 7.24. The van der Waals surface area contributed by atoms with Crippen LogP contribution in [0.1, 0.15) is 63.9 Å². The molecule has 2 fully saturated rings. The Morgan fingerprint density at radius 1 is 1.00 bits per heavy atom. The number of hydrogen-bond donors (Lipinski definition) is 1. The van der Waals surface area contributed by atoms with Crippen LogP contribution in [0.2, 0.25) is 0 Å². The van der Waals surface area contributed by atoms with Crippen LogP contribution in [-0.4, -0.2) is 12.1 Å². The van der Waals surface area contributed by atoms with Crippen molar-refractivity contribution in [1.82, 2.24) is 5.32 Å².